The largest absolute Gasteiger partial charge is 0.218 e. The van der Waals surface area contributed by atoms with E-state index < -0.39 is 11.9 Å². The van der Waals surface area contributed by atoms with E-state index in [2.05, 4.69) is 60.4 Å². The fraction of sp³-hybridized carbons (Fsp3) is 0.292. The molecule has 0 spiro atoms. The molecule has 0 amide bonds. The van der Waals surface area contributed by atoms with Gasteiger partial charge in [0.25, 0.3) is 0 Å². The van der Waals surface area contributed by atoms with Crippen molar-refractivity contribution in [3.05, 3.63) is 89.2 Å². The van der Waals surface area contributed by atoms with Crippen molar-refractivity contribution >= 4 is 0 Å². The van der Waals surface area contributed by atoms with E-state index in [1.165, 1.54) is 48.1 Å². The van der Waals surface area contributed by atoms with Crippen LogP contribution in [-0.4, -0.2) is 4.98 Å². The van der Waals surface area contributed by atoms with Gasteiger partial charge in [0.2, 0.25) is 11.9 Å². The first kappa shape index (κ1) is 19.2. The van der Waals surface area contributed by atoms with Gasteiger partial charge in [0, 0.05) is 5.56 Å². The van der Waals surface area contributed by atoms with Crippen molar-refractivity contribution in [2.24, 2.45) is 0 Å². The first-order valence-electron chi connectivity index (χ1n) is 9.65. The first-order valence-corrected chi connectivity index (χ1v) is 9.65. The average Bonchev–Trinajstić information content (AvgIpc) is 2.69. The fourth-order valence-electron chi connectivity index (χ4n) is 3.21. The number of unbranched alkanes of at least 4 members (excludes halogenated alkanes) is 2. The molecule has 1 aromatic heterocycles. The van der Waals surface area contributed by atoms with Crippen molar-refractivity contribution in [3.63, 3.8) is 0 Å². The molecule has 0 bridgehead atoms. The molecule has 3 heteroatoms. The summed E-state index contributed by atoms with van der Waals surface area (Å²) in [4.78, 5) is 3.24. The van der Waals surface area contributed by atoms with E-state index >= 15 is 0 Å². The molecule has 0 N–H and O–H groups in total. The van der Waals surface area contributed by atoms with Crippen LogP contribution in [0.4, 0.5) is 8.78 Å². The minimum atomic E-state index is -0.781. The van der Waals surface area contributed by atoms with E-state index in [0.717, 1.165) is 12.0 Å². The topological polar surface area (TPSA) is 12.9 Å². The lowest BCUT2D eigenvalue weighted by molar-refractivity contribution is 0.502. The Morgan fingerprint density at radius 3 is 1.81 bits per heavy atom. The summed E-state index contributed by atoms with van der Waals surface area (Å²) < 4.78 is 26.5. The quantitative estimate of drug-likeness (QED) is 0.326. The lowest BCUT2D eigenvalue weighted by Crippen LogP contribution is -1.99. The van der Waals surface area contributed by atoms with Gasteiger partial charge < -0.3 is 0 Å². The third-order valence-electron chi connectivity index (χ3n) is 4.89. The second-order valence-corrected chi connectivity index (χ2v) is 6.93. The van der Waals surface area contributed by atoms with Crippen molar-refractivity contribution in [2.75, 3.05) is 0 Å². The summed E-state index contributed by atoms with van der Waals surface area (Å²) in [6.07, 6.45) is 6.11. The van der Waals surface area contributed by atoms with E-state index in [4.69, 9.17) is 0 Å². The van der Waals surface area contributed by atoms with E-state index in [1.54, 1.807) is 0 Å². The summed E-state index contributed by atoms with van der Waals surface area (Å²) in [6.45, 7) is 2.22. The van der Waals surface area contributed by atoms with Crippen LogP contribution in [0.1, 0.15) is 42.9 Å². The smallest absolute Gasteiger partial charge is 0.190 e. The monoisotopic (exact) mass is 365 g/mol. The zero-order valence-corrected chi connectivity index (χ0v) is 15.7. The summed E-state index contributed by atoms with van der Waals surface area (Å²) >= 11 is 0. The molecule has 0 fully saturated rings. The molecule has 3 aromatic rings. The van der Waals surface area contributed by atoms with Gasteiger partial charge in [0.1, 0.15) is 0 Å². The lowest BCUT2D eigenvalue weighted by Gasteiger charge is -2.07. The highest BCUT2D eigenvalue weighted by Crippen LogP contribution is 2.22. The normalized spacial score (nSPS) is 10.9. The molecule has 1 heterocycles. The van der Waals surface area contributed by atoms with Crippen LogP contribution in [0.5, 0.6) is 0 Å². The van der Waals surface area contributed by atoms with Gasteiger partial charge in [0.15, 0.2) is 0 Å². The van der Waals surface area contributed by atoms with Crippen LogP contribution in [-0.2, 0) is 19.3 Å². The summed E-state index contributed by atoms with van der Waals surface area (Å²) in [5, 5.41) is 0. The Morgan fingerprint density at radius 1 is 0.667 bits per heavy atom. The van der Waals surface area contributed by atoms with Crippen molar-refractivity contribution in [1.29, 1.82) is 0 Å². The predicted molar refractivity (Wildman–Crippen MR) is 107 cm³/mol. The number of nitrogens with zero attached hydrogens (tertiary/aromatic N) is 1. The predicted octanol–water partition coefficient (Wildman–Crippen LogP) is 6.54. The van der Waals surface area contributed by atoms with Gasteiger partial charge in [-0.25, -0.2) is 0 Å². The van der Waals surface area contributed by atoms with E-state index in [-0.39, 0.29) is 0 Å². The second kappa shape index (κ2) is 9.40. The standard InChI is InChI=1S/C24H25F2N/c1-2-3-4-5-18-6-11-20(12-7-18)21-13-8-19(9-14-21)10-15-22-16-17-23(25)27-24(22)26/h6-9,11-14,16-17H,2-5,10,15H2,1H3. The maximum Gasteiger partial charge on any atom is 0.218 e. The maximum absolute atomic E-state index is 13.6. The molecule has 27 heavy (non-hydrogen) atoms. The van der Waals surface area contributed by atoms with Gasteiger partial charge in [0.05, 0.1) is 0 Å². The minimum absolute atomic E-state index is 0.444. The summed E-state index contributed by atoms with van der Waals surface area (Å²) in [5.74, 6) is -1.50. The zero-order chi connectivity index (χ0) is 19.1. The number of halogens is 2. The van der Waals surface area contributed by atoms with Gasteiger partial charge in [-0.2, -0.15) is 13.8 Å². The van der Waals surface area contributed by atoms with Crippen LogP contribution in [0.15, 0.2) is 60.7 Å². The van der Waals surface area contributed by atoms with Crippen molar-refractivity contribution < 1.29 is 8.78 Å². The number of pyridine rings is 1. The molecule has 0 saturated heterocycles. The SMILES string of the molecule is CCCCCc1ccc(-c2ccc(CCc3ccc(F)nc3F)cc2)cc1. The average molecular weight is 365 g/mol. The third-order valence-corrected chi connectivity index (χ3v) is 4.89. The van der Waals surface area contributed by atoms with E-state index in [9.17, 15) is 8.78 Å². The number of hydrogen-bond donors (Lipinski definition) is 0. The van der Waals surface area contributed by atoms with Crippen molar-refractivity contribution in [3.8, 4) is 11.1 Å². The molecular weight excluding hydrogens is 340 g/mol. The first-order chi connectivity index (χ1) is 13.2. The van der Waals surface area contributed by atoms with Gasteiger partial charge in [-0.3, -0.25) is 0 Å². The molecule has 0 aliphatic heterocycles. The van der Waals surface area contributed by atoms with E-state index in [1.807, 2.05) is 0 Å². The summed E-state index contributed by atoms with van der Waals surface area (Å²) in [7, 11) is 0. The van der Waals surface area contributed by atoms with Crippen LogP contribution in [0.3, 0.4) is 0 Å². The van der Waals surface area contributed by atoms with Crippen LogP contribution in [0.2, 0.25) is 0 Å². The third kappa shape index (κ3) is 5.46. The Kier molecular flexibility index (Phi) is 6.69. The number of aromatic nitrogens is 1. The molecular formula is C24H25F2N. The fourth-order valence-corrected chi connectivity index (χ4v) is 3.21. The van der Waals surface area contributed by atoms with Gasteiger partial charge in [-0.1, -0.05) is 68.3 Å². The Morgan fingerprint density at radius 2 is 1.26 bits per heavy atom. The highest BCUT2D eigenvalue weighted by molar-refractivity contribution is 5.64. The number of hydrogen-bond acceptors (Lipinski definition) is 1. The van der Waals surface area contributed by atoms with Crippen molar-refractivity contribution in [2.45, 2.75) is 45.4 Å². The van der Waals surface area contributed by atoms with Gasteiger partial charge in [-0.05, 0) is 60.1 Å². The number of rotatable bonds is 8. The van der Waals surface area contributed by atoms with Crippen molar-refractivity contribution in [1.82, 2.24) is 4.98 Å². The molecule has 140 valence electrons. The van der Waals surface area contributed by atoms with Gasteiger partial charge >= 0.3 is 0 Å². The van der Waals surface area contributed by atoms with Crippen LogP contribution in [0.25, 0.3) is 11.1 Å². The zero-order valence-electron chi connectivity index (χ0n) is 15.7. The molecule has 3 rings (SSSR count). The summed E-state index contributed by atoms with van der Waals surface area (Å²) in [6, 6.07) is 19.8. The Labute approximate surface area is 160 Å². The summed E-state index contributed by atoms with van der Waals surface area (Å²) in [5.41, 5.74) is 5.33. The molecule has 0 saturated carbocycles. The van der Waals surface area contributed by atoms with Crippen LogP contribution >= 0.6 is 0 Å². The molecule has 1 nitrogen and oxygen atoms in total. The Hall–Kier alpha value is -2.55. The number of aryl methyl sites for hydroxylation is 3. The van der Waals surface area contributed by atoms with Crippen LogP contribution < -0.4 is 0 Å². The highest BCUT2D eigenvalue weighted by atomic mass is 19.1. The second-order valence-electron chi connectivity index (χ2n) is 6.93. The van der Waals surface area contributed by atoms with E-state index in [0.29, 0.717) is 18.4 Å². The number of benzene rings is 2. The molecule has 0 radical (unpaired) electrons. The molecule has 0 aliphatic carbocycles. The highest BCUT2D eigenvalue weighted by Gasteiger charge is 2.06. The maximum atomic E-state index is 13.6. The Balaban J connectivity index is 1.59. The molecule has 2 aromatic carbocycles. The molecule has 0 aliphatic rings. The Bertz CT molecular complexity index is 855. The molecule has 0 atom stereocenters. The minimum Gasteiger partial charge on any atom is -0.190 e. The van der Waals surface area contributed by atoms with Crippen LogP contribution in [0, 0.1) is 11.9 Å². The van der Waals surface area contributed by atoms with Gasteiger partial charge in [-0.15, -0.1) is 0 Å². The lowest BCUT2D eigenvalue weighted by atomic mass is 9.99. The molecule has 0 unspecified atom stereocenters.